The highest BCUT2D eigenvalue weighted by atomic mass is 19.4. The van der Waals surface area contributed by atoms with Gasteiger partial charge in [-0.1, -0.05) is 31.2 Å². The van der Waals surface area contributed by atoms with Gasteiger partial charge in [-0.15, -0.1) is 0 Å². The lowest BCUT2D eigenvalue weighted by atomic mass is 9.89. The number of carbonyl (C=O) groups is 1. The molecule has 2 aromatic rings. The van der Waals surface area contributed by atoms with E-state index in [4.69, 9.17) is 0 Å². The van der Waals surface area contributed by atoms with Crippen LogP contribution in [0.4, 0.5) is 35.1 Å². The Bertz CT molecular complexity index is 868. The Morgan fingerprint density at radius 3 is 1.86 bits per heavy atom. The molecule has 0 aliphatic carbocycles. The quantitative estimate of drug-likeness (QED) is 0.545. The molecular formula is C18H12F8O2. The van der Waals surface area contributed by atoms with Gasteiger partial charge in [0.15, 0.2) is 6.29 Å². The van der Waals surface area contributed by atoms with Crippen LogP contribution < -0.4 is 0 Å². The van der Waals surface area contributed by atoms with Crippen LogP contribution in [-0.2, 0) is 12.0 Å². The van der Waals surface area contributed by atoms with Crippen LogP contribution in [0.25, 0.3) is 11.1 Å². The summed E-state index contributed by atoms with van der Waals surface area (Å²) in [7, 11) is 0. The molecule has 0 unspecified atom stereocenters. The fourth-order valence-electron chi connectivity index (χ4n) is 2.77. The lowest BCUT2D eigenvalue weighted by Crippen LogP contribution is -2.53. The van der Waals surface area contributed by atoms with Crippen molar-refractivity contribution >= 4 is 6.29 Å². The van der Waals surface area contributed by atoms with E-state index in [0.29, 0.717) is 12.1 Å². The largest absolute Gasteiger partial charge is 0.430 e. The predicted octanol–water partition coefficient (Wildman–Crippen LogP) is 5.32. The van der Waals surface area contributed by atoms with Crippen LogP contribution in [0.3, 0.4) is 0 Å². The Morgan fingerprint density at radius 1 is 0.964 bits per heavy atom. The van der Waals surface area contributed by atoms with Gasteiger partial charge < -0.3 is 5.11 Å². The van der Waals surface area contributed by atoms with Crippen molar-refractivity contribution in [1.29, 1.82) is 0 Å². The van der Waals surface area contributed by atoms with Gasteiger partial charge in [-0.25, -0.2) is 8.78 Å². The third kappa shape index (κ3) is 3.36. The molecule has 0 atom stereocenters. The summed E-state index contributed by atoms with van der Waals surface area (Å²) in [6.07, 6.45) is -12.2. The molecule has 0 fully saturated rings. The molecule has 0 saturated heterocycles. The fraction of sp³-hybridized carbons (Fsp3) is 0.278. The zero-order valence-electron chi connectivity index (χ0n) is 14.1. The van der Waals surface area contributed by atoms with Crippen LogP contribution in [0.15, 0.2) is 30.3 Å². The number of carbonyl (C=O) groups excluding carboxylic acids is 1. The molecule has 0 aromatic heterocycles. The van der Waals surface area contributed by atoms with Crippen LogP contribution in [-0.4, -0.2) is 23.7 Å². The molecule has 1 N–H and O–H groups in total. The van der Waals surface area contributed by atoms with E-state index in [0.717, 1.165) is 18.2 Å². The Labute approximate surface area is 153 Å². The number of rotatable bonds is 4. The molecule has 152 valence electrons. The first kappa shape index (κ1) is 21.8. The Balaban J connectivity index is 2.64. The van der Waals surface area contributed by atoms with E-state index >= 15 is 0 Å². The van der Waals surface area contributed by atoms with Gasteiger partial charge in [0.05, 0.1) is 5.56 Å². The van der Waals surface area contributed by atoms with Crippen molar-refractivity contribution < 1.29 is 45.0 Å². The van der Waals surface area contributed by atoms with E-state index in [1.54, 1.807) is 0 Å². The normalized spacial score (nSPS) is 12.9. The molecule has 0 aliphatic heterocycles. The molecule has 28 heavy (non-hydrogen) atoms. The summed E-state index contributed by atoms with van der Waals surface area (Å²) < 4.78 is 106. The average Bonchev–Trinajstić information content (AvgIpc) is 2.59. The van der Waals surface area contributed by atoms with Gasteiger partial charge in [-0.05, 0) is 29.2 Å². The molecule has 0 bridgehead atoms. The molecule has 0 aliphatic rings. The van der Waals surface area contributed by atoms with Gasteiger partial charge in [-0.3, -0.25) is 4.79 Å². The molecule has 2 nitrogen and oxygen atoms in total. The fourth-order valence-corrected chi connectivity index (χ4v) is 2.77. The number of alkyl halides is 6. The predicted molar refractivity (Wildman–Crippen MR) is 82.6 cm³/mol. The first-order valence-corrected chi connectivity index (χ1v) is 7.72. The third-order valence-corrected chi connectivity index (χ3v) is 4.26. The highest BCUT2D eigenvalue weighted by Crippen LogP contribution is 2.50. The van der Waals surface area contributed by atoms with E-state index in [1.807, 2.05) is 0 Å². The van der Waals surface area contributed by atoms with Gasteiger partial charge in [0.25, 0.3) is 5.60 Å². The standard InChI is InChI=1S/C18H12F8O2/c1-2-11-12(7-14(19)13(8-27)15(11)20)9-3-5-10(6-4-9)16(28,17(21,22)23)18(24,25)26/h3-8,28H,2H2,1H3. The highest BCUT2D eigenvalue weighted by Gasteiger charge is 2.71. The number of benzene rings is 2. The number of hydrogen-bond donors (Lipinski definition) is 1. The first-order chi connectivity index (χ1) is 12.8. The van der Waals surface area contributed by atoms with Gasteiger partial charge in [0.1, 0.15) is 11.6 Å². The number of hydrogen-bond acceptors (Lipinski definition) is 2. The second-order valence-corrected chi connectivity index (χ2v) is 5.87. The lowest BCUT2D eigenvalue weighted by molar-refractivity contribution is -0.376. The highest BCUT2D eigenvalue weighted by molar-refractivity contribution is 5.80. The maximum absolute atomic E-state index is 14.3. The Hall–Kier alpha value is -2.49. The third-order valence-electron chi connectivity index (χ3n) is 4.26. The molecule has 0 spiro atoms. The van der Waals surface area contributed by atoms with Crippen molar-refractivity contribution in [2.45, 2.75) is 31.3 Å². The van der Waals surface area contributed by atoms with Crippen LogP contribution in [0.2, 0.25) is 0 Å². The minimum atomic E-state index is -6.05. The molecule has 0 heterocycles. The van der Waals surface area contributed by atoms with Crippen molar-refractivity contribution in [2.24, 2.45) is 0 Å². The lowest BCUT2D eigenvalue weighted by Gasteiger charge is -2.32. The molecule has 0 amide bonds. The maximum Gasteiger partial charge on any atom is 0.430 e. The SMILES string of the molecule is CCc1c(-c2ccc(C(O)(C(F)(F)F)C(F)(F)F)cc2)cc(F)c(C=O)c1F. The smallest absolute Gasteiger partial charge is 0.369 e. The van der Waals surface area contributed by atoms with Crippen molar-refractivity contribution in [2.75, 3.05) is 0 Å². The van der Waals surface area contributed by atoms with E-state index < -0.39 is 40.7 Å². The average molecular weight is 412 g/mol. The minimum absolute atomic E-state index is 0.0287. The van der Waals surface area contributed by atoms with Gasteiger partial charge >= 0.3 is 12.4 Å². The van der Waals surface area contributed by atoms with E-state index in [-0.39, 0.29) is 29.4 Å². The number of aliphatic hydroxyl groups is 1. The minimum Gasteiger partial charge on any atom is -0.369 e. The van der Waals surface area contributed by atoms with Crippen LogP contribution in [0.1, 0.15) is 28.4 Å². The van der Waals surface area contributed by atoms with Gasteiger partial charge in [0.2, 0.25) is 0 Å². The second kappa shape index (κ2) is 7.16. The van der Waals surface area contributed by atoms with Crippen molar-refractivity contribution in [1.82, 2.24) is 0 Å². The van der Waals surface area contributed by atoms with Crippen molar-refractivity contribution in [3.05, 3.63) is 58.7 Å². The zero-order valence-corrected chi connectivity index (χ0v) is 14.1. The number of aldehydes is 1. The van der Waals surface area contributed by atoms with E-state index in [1.165, 1.54) is 6.92 Å². The van der Waals surface area contributed by atoms with Gasteiger partial charge in [0, 0.05) is 5.56 Å². The molecule has 2 aromatic carbocycles. The Morgan fingerprint density at radius 2 is 1.46 bits per heavy atom. The summed E-state index contributed by atoms with van der Waals surface area (Å²) in [6.45, 7) is 1.47. The topological polar surface area (TPSA) is 37.3 Å². The summed E-state index contributed by atoms with van der Waals surface area (Å²) in [5.41, 5.74) is -7.82. The van der Waals surface area contributed by atoms with Gasteiger partial charge in [-0.2, -0.15) is 26.3 Å². The van der Waals surface area contributed by atoms with Crippen molar-refractivity contribution in [3.8, 4) is 11.1 Å². The summed E-state index contributed by atoms with van der Waals surface area (Å²) >= 11 is 0. The summed E-state index contributed by atoms with van der Waals surface area (Å²) in [5.74, 6) is -2.40. The zero-order chi connectivity index (χ0) is 21.5. The molecule has 2 rings (SSSR count). The van der Waals surface area contributed by atoms with Crippen molar-refractivity contribution in [3.63, 3.8) is 0 Å². The number of halogens is 8. The van der Waals surface area contributed by atoms with Crippen LogP contribution in [0, 0.1) is 11.6 Å². The Kier molecular flexibility index (Phi) is 5.57. The molecule has 0 saturated carbocycles. The first-order valence-electron chi connectivity index (χ1n) is 7.72. The molecular weight excluding hydrogens is 400 g/mol. The molecule has 0 radical (unpaired) electrons. The van der Waals surface area contributed by atoms with Crippen LogP contribution >= 0.6 is 0 Å². The maximum atomic E-state index is 14.3. The monoisotopic (exact) mass is 412 g/mol. The molecule has 10 heteroatoms. The summed E-state index contributed by atoms with van der Waals surface area (Å²) in [5, 5.41) is 9.37. The summed E-state index contributed by atoms with van der Waals surface area (Å²) in [4.78, 5) is 10.8. The summed E-state index contributed by atoms with van der Waals surface area (Å²) in [6, 6.07) is 3.05. The van der Waals surface area contributed by atoms with Crippen LogP contribution in [0.5, 0.6) is 0 Å². The van der Waals surface area contributed by atoms with E-state index in [9.17, 15) is 45.0 Å². The van der Waals surface area contributed by atoms with E-state index in [2.05, 4.69) is 0 Å². The second-order valence-electron chi connectivity index (χ2n) is 5.87.